The lowest BCUT2D eigenvalue weighted by Gasteiger charge is -2.23. The molecule has 3 aromatic rings. The minimum atomic E-state index is -0.0504. The van der Waals surface area contributed by atoms with E-state index >= 15 is 0 Å². The Morgan fingerprint density at radius 2 is 1.78 bits per heavy atom. The number of aromatic nitrogens is 4. The van der Waals surface area contributed by atoms with Crippen molar-refractivity contribution >= 4 is 11.8 Å². The molecular formula is C24H30N6O2. The summed E-state index contributed by atoms with van der Waals surface area (Å²) >= 11 is 0. The molecule has 0 aliphatic carbocycles. The molecule has 3 rings (SSSR count). The first-order valence-electron chi connectivity index (χ1n) is 11.0. The predicted molar refractivity (Wildman–Crippen MR) is 123 cm³/mol. The highest BCUT2D eigenvalue weighted by Crippen LogP contribution is 2.29. The fraction of sp³-hybridized carbons (Fsp3) is 0.375. The van der Waals surface area contributed by atoms with Crippen LogP contribution in [0.1, 0.15) is 45.1 Å². The summed E-state index contributed by atoms with van der Waals surface area (Å²) in [5, 5.41) is 17.2. The molecule has 2 amide bonds. The number of amides is 2. The van der Waals surface area contributed by atoms with Crippen LogP contribution in [0.2, 0.25) is 0 Å². The molecular weight excluding hydrogens is 404 g/mol. The predicted octanol–water partition coefficient (Wildman–Crippen LogP) is 3.58. The molecule has 0 aliphatic rings. The van der Waals surface area contributed by atoms with E-state index in [1.54, 1.807) is 0 Å². The Morgan fingerprint density at radius 1 is 1.03 bits per heavy atom. The van der Waals surface area contributed by atoms with Gasteiger partial charge in [-0.15, -0.1) is 10.2 Å². The summed E-state index contributed by atoms with van der Waals surface area (Å²) in [4.78, 5) is 25.7. The first-order valence-corrected chi connectivity index (χ1v) is 11.0. The van der Waals surface area contributed by atoms with Crippen LogP contribution in [0.5, 0.6) is 0 Å². The van der Waals surface area contributed by atoms with E-state index in [0.717, 1.165) is 41.5 Å². The van der Waals surface area contributed by atoms with Gasteiger partial charge in [-0.3, -0.25) is 9.59 Å². The number of rotatable bonds is 11. The zero-order chi connectivity index (χ0) is 22.8. The number of nitrogens with one attached hydrogen (secondary N) is 2. The fourth-order valence-electron chi connectivity index (χ4n) is 3.53. The molecule has 0 bridgehead atoms. The van der Waals surface area contributed by atoms with Gasteiger partial charge in [-0.05, 0) is 34.7 Å². The topological polar surface area (TPSA) is 104 Å². The van der Waals surface area contributed by atoms with Crippen LogP contribution in [-0.2, 0) is 16.1 Å². The molecule has 0 fully saturated rings. The summed E-state index contributed by atoms with van der Waals surface area (Å²) in [5.74, 6) is 0.656. The van der Waals surface area contributed by atoms with Gasteiger partial charge in [0.1, 0.15) is 0 Å². The number of H-pyrrole nitrogens is 1. The highest BCUT2D eigenvalue weighted by atomic mass is 16.2. The third-order valence-corrected chi connectivity index (χ3v) is 5.23. The average molecular weight is 435 g/mol. The van der Waals surface area contributed by atoms with Crippen molar-refractivity contribution < 1.29 is 9.59 Å². The molecule has 0 unspecified atom stereocenters. The summed E-state index contributed by atoms with van der Waals surface area (Å²) in [7, 11) is 0. The zero-order valence-corrected chi connectivity index (χ0v) is 18.7. The monoisotopic (exact) mass is 434 g/mol. The molecule has 2 N–H and O–H groups in total. The van der Waals surface area contributed by atoms with Crippen molar-refractivity contribution in [1.29, 1.82) is 0 Å². The van der Waals surface area contributed by atoms with Crippen molar-refractivity contribution in [2.75, 3.05) is 13.1 Å². The van der Waals surface area contributed by atoms with Gasteiger partial charge in [-0.25, -0.2) is 0 Å². The van der Waals surface area contributed by atoms with Gasteiger partial charge in [0.15, 0.2) is 0 Å². The lowest BCUT2D eigenvalue weighted by molar-refractivity contribution is -0.132. The number of benzene rings is 2. The third kappa shape index (κ3) is 6.47. The molecule has 8 heteroatoms. The van der Waals surface area contributed by atoms with Crippen LogP contribution in [0.3, 0.4) is 0 Å². The van der Waals surface area contributed by atoms with E-state index in [1.807, 2.05) is 29.2 Å². The van der Waals surface area contributed by atoms with Crippen molar-refractivity contribution in [2.24, 2.45) is 0 Å². The number of carbonyl (C=O) groups excluding carboxylic acids is 2. The fourth-order valence-corrected chi connectivity index (χ4v) is 3.53. The summed E-state index contributed by atoms with van der Waals surface area (Å²) in [6.45, 7) is 5.32. The first kappa shape index (κ1) is 23.1. The van der Waals surface area contributed by atoms with Gasteiger partial charge in [-0.1, -0.05) is 61.9 Å². The van der Waals surface area contributed by atoms with Crippen LogP contribution in [-0.4, -0.2) is 50.4 Å². The molecule has 0 saturated heterocycles. The Balaban J connectivity index is 1.72. The molecule has 2 aromatic carbocycles. The Morgan fingerprint density at radius 3 is 2.44 bits per heavy atom. The maximum Gasteiger partial charge on any atom is 0.222 e. The average Bonchev–Trinajstić information content (AvgIpc) is 3.34. The quantitative estimate of drug-likeness (QED) is 0.449. The molecule has 32 heavy (non-hydrogen) atoms. The summed E-state index contributed by atoms with van der Waals surface area (Å²) in [5.41, 5.74) is 4.04. The molecule has 0 aliphatic heterocycles. The normalized spacial score (nSPS) is 10.7. The second-order valence-corrected chi connectivity index (χ2v) is 7.73. The van der Waals surface area contributed by atoms with E-state index in [4.69, 9.17) is 0 Å². The van der Waals surface area contributed by atoms with Crippen LogP contribution < -0.4 is 5.32 Å². The molecule has 0 saturated carbocycles. The summed E-state index contributed by atoms with van der Waals surface area (Å²) in [6.07, 6.45) is 3.15. The minimum absolute atomic E-state index is 0.0504. The van der Waals surface area contributed by atoms with E-state index in [1.165, 1.54) is 6.92 Å². The van der Waals surface area contributed by atoms with E-state index in [9.17, 15) is 9.59 Å². The SMILES string of the molecule is CCCCC(=O)N(CCCNC(C)=O)Cc1ccc(-c2ccccc2-c2nn[nH]n2)cc1. The number of unbranched alkanes of at least 4 members (excludes halogenated alkanes) is 1. The van der Waals surface area contributed by atoms with E-state index in [0.29, 0.717) is 31.9 Å². The lowest BCUT2D eigenvalue weighted by Crippen LogP contribution is -2.33. The molecule has 0 atom stereocenters. The Kier molecular flexibility index (Phi) is 8.48. The number of aromatic amines is 1. The van der Waals surface area contributed by atoms with Gasteiger partial charge in [-0.2, -0.15) is 5.21 Å². The van der Waals surface area contributed by atoms with E-state index < -0.39 is 0 Å². The van der Waals surface area contributed by atoms with Crippen molar-refractivity contribution in [3.8, 4) is 22.5 Å². The number of carbonyl (C=O) groups is 2. The van der Waals surface area contributed by atoms with Crippen molar-refractivity contribution in [3.63, 3.8) is 0 Å². The Hall–Kier alpha value is -3.55. The van der Waals surface area contributed by atoms with Crippen LogP contribution in [0.4, 0.5) is 0 Å². The van der Waals surface area contributed by atoms with Crippen LogP contribution >= 0.6 is 0 Å². The van der Waals surface area contributed by atoms with Crippen molar-refractivity contribution in [1.82, 2.24) is 30.8 Å². The maximum absolute atomic E-state index is 12.7. The van der Waals surface area contributed by atoms with Gasteiger partial charge >= 0.3 is 0 Å². The smallest absolute Gasteiger partial charge is 0.222 e. The van der Waals surface area contributed by atoms with E-state index in [-0.39, 0.29) is 11.8 Å². The second-order valence-electron chi connectivity index (χ2n) is 7.73. The highest BCUT2D eigenvalue weighted by Gasteiger charge is 2.14. The number of hydrogen-bond donors (Lipinski definition) is 2. The van der Waals surface area contributed by atoms with Crippen molar-refractivity contribution in [3.05, 3.63) is 54.1 Å². The maximum atomic E-state index is 12.7. The number of tetrazole rings is 1. The largest absolute Gasteiger partial charge is 0.356 e. The molecule has 1 heterocycles. The summed E-state index contributed by atoms with van der Waals surface area (Å²) < 4.78 is 0. The van der Waals surface area contributed by atoms with Gasteiger partial charge in [0, 0.05) is 38.5 Å². The van der Waals surface area contributed by atoms with Crippen LogP contribution in [0, 0.1) is 0 Å². The van der Waals surface area contributed by atoms with Gasteiger partial charge < -0.3 is 10.2 Å². The molecule has 8 nitrogen and oxygen atoms in total. The van der Waals surface area contributed by atoms with Gasteiger partial charge in [0.05, 0.1) is 0 Å². The second kappa shape index (κ2) is 11.7. The standard InChI is InChI=1S/C24H30N6O2/c1-3-4-10-23(32)30(16-7-15-25-18(2)31)17-19-11-13-20(14-12-19)21-8-5-6-9-22(21)24-26-28-29-27-24/h5-6,8-9,11-14H,3-4,7,10,15-17H2,1-2H3,(H,25,31)(H,26,27,28,29). The van der Waals surface area contributed by atoms with Crippen LogP contribution in [0.25, 0.3) is 22.5 Å². The van der Waals surface area contributed by atoms with Gasteiger partial charge in [0.25, 0.3) is 0 Å². The molecule has 0 radical (unpaired) electrons. The molecule has 1 aromatic heterocycles. The molecule has 0 spiro atoms. The number of nitrogens with zero attached hydrogens (tertiary/aromatic N) is 4. The van der Waals surface area contributed by atoms with Gasteiger partial charge in [0.2, 0.25) is 17.6 Å². The van der Waals surface area contributed by atoms with Crippen molar-refractivity contribution in [2.45, 2.75) is 46.1 Å². The zero-order valence-electron chi connectivity index (χ0n) is 18.7. The minimum Gasteiger partial charge on any atom is -0.356 e. The highest BCUT2D eigenvalue weighted by molar-refractivity contribution is 5.80. The summed E-state index contributed by atoms with van der Waals surface area (Å²) in [6, 6.07) is 16.1. The first-order chi connectivity index (χ1) is 15.6. The third-order valence-electron chi connectivity index (χ3n) is 5.23. The Labute approximate surface area is 188 Å². The molecule has 168 valence electrons. The lowest BCUT2D eigenvalue weighted by atomic mass is 9.98. The number of hydrogen-bond acceptors (Lipinski definition) is 5. The Bertz CT molecular complexity index is 1000. The van der Waals surface area contributed by atoms with Crippen LogP contribution in [0.15, 0.2) is 48.5 Å². The van der Waals surface area contributed by atoms with E-state index in [2.05, 4.69) is 57.1 Å².